The number of hydrogen-bond acceptors (Lipinski definition) is 5. The summed E-state index contributed by atoms with van der Waals surface area (Å²) in [6.45, 7) is 6.39. The minimum absolute atomic E-state index is 0.223. The van der Waals surface area contributed by atoms with Crippen LogP contribution in [-0.2, 0) is 20.7 Å². The maximum atomic E-state index is 12.1. The summed E-state index contributed by atoms with van der Waals surface area (Å²) in [7, 11) is 2.89. The average molecular weight is 375 g/mol. The maximum absolute atomic E-state index is 12.1. The number of hydrogen-bond donors (Lipinski definition) is 1. The van der Waals surface area contributed by atoms with Gasteiger partial charge in [-0.1, -0.05) is 11.1 Å². The van der Waals surface area contributed by atoms with Gasteiger partial charge in [0, 0.05) is 19.2 Å². The molecule has 1 N–H and O–H groups in total. The van der Waals surface area contributed by atoms with Gasteiger partial charge in [-0.25, -0.2) is 4.79 Å². The van der Waals surface area contributed by atoms with Crippen molar-refractivity contribution in [2.45, 2.75) is 51.7 Å². The zero-order valence-electron chi connectivity index (χ0n) is 16.7. The van der Waals surface area contributed by atoms with Gasteiger partial charge in [-0.15, -0.1) is 0 Å². The van der Waals surface area contributed by atoms with E-state index < -0.39 is 17.6 Å². The van der Waals surface area contributed by atoms with Gasteiger partial charge in [0.25, 0.3) is 0 Å². The molecule has 6 nitrogen and oxygen atoms in total. The Hall–Kier alpha value is -2.18. The predicted molar refractivity (Wildman–Crippen MR) is 104 cm³/mol. The van der Waals surface area contributed by atoms with Gasteiger partial charge in [0.1, 0.15) is 0 Å². The Kier molecular flexibility index (Phi) is 6.78. The summed E-state index contributed by atoms with van der Waals surface area (Å²) in [5, 5.41) is 11.0. The number of fused-ring (bicyclic) bond motifs is 1. The van der Waals surface area contributed by atoms with Crippen molar-refractivity contribution in [2.24, 2.45) is 0 Å². The maximum Gasteiger partial charge on any atom is 0.337 e. The Balaban J connectivity index is 2.48. The summed E-state index contributed by atoms with van der Waals surface area (Å²) < 4.78 is 10.2. The molecule has 1 heterocycles. The molecular formula is C21H29NO5. The second kappa shape index (κ2) is 8.67. The molecule has 0 aromatic heterocycles. The molecule has 1 aromatic rings. The molecule has 27 heavy (non-hydrogen) atoms. The van der Waals surface area contributed by atoms with Crippen LogP contribution in [0.5, 0.6) is 0 Å². The van der Waals surface area contributed by atoms with Crippen LogP contribution in [0, 0.1) is 0 Å². The number of benzene rings is 1. The molecule has 6 heteroatoms. The van der Waals surface area contributed by atoms with E-state index >= 15 is 0 Å². The van der Waals surface area contributed by atoms with Crippen LogP contribution in [0.1, 0.15) is 49.5 Å². The second-order valence-electron chi connectivity index (χ2n) is 7.35. The first-order valence-electron chi connectivity index (χ1n) is 9.06. The predicted octanol–water partition coefficient (Wildman–Crippen LogP) is 2.87. The third kappa shape index (κ3) is 4.06. The van der Waals surface area contributed by atoms with Crippen LogP contribution in [0.3, 0.4) is 0 Å². The van der Waals surface area contributed by atoms with Crippen molar-refractivity contribution in [3.8, 4) is 0 Å². The van der Waals surface area contributed by atoms with Crippen molar-refractivity contribution >= 4 is 18.1 Å². The molecule has 0 bridgehead atoms. The molecule has 0 fully saturated rings. The molecular weight excluding hydrogens is 346 g/mol. The van der Waals surface area contributed by atoms with E-state index in [0.29, 0.717) is 24.1 Å². The fourth-order valence-electron chi connectivity index (χ4n) is 3.62. The quantitative estimate of drug-likeness (QED) is 0.451. The van der Waals surface area contributed by atoms with Crippen LogP contribution in [-0.4, -0.2) is 50.0 Å². The van der Waals surface area contributed by atoms with Crippen LogP contribution >= 0.6 is 0 Å². The van der Waals surface area contributed by atoms with E-state index in [1.807, 2.05) is 0 Å². The van der Waals surface area contributed by atoms with Gasteiger partial charge < -0.3 is 19.5 Å². The highest BCUT2D eigenvalue weighted by Gasteiger charge is 2.47. The second-order valence-corrected chi connectivity index (χ2v) is 7.35. The molecule has 1 aromatic carbocycles. The number of rotatable bonds is 7. The number of carbonyl (C=O) groups excluding carboxylic acids is 2. The molecule has 2 rings (SSSR count). The fraction of sp³-hybridized carbons (Fsp3) is 0.524. The van der Waals surface area contributed by atoms with Gasteiger partial charge in [0.05, 0.1) is 30.9 Å². The lowest BCUT2D eigenvalue weighted by molar-refractivity contribution is -0.111. The molecule has 1 aliphatic heterocycles. The Morgan fingerprint density at radius 3 is 2.59 bits per heavy atom. The van der Waals surface area contributed by atoms with Crippen molar-refractivity contribution in [3.63, 3.8) is 0 Å². The van der Waals surface area contributed by atoms with Gasteiger partial charge in [0.2, 0.25) is 6.41 Å². The lowest BCUT2D eigenvalue weighted by atomic mass is 9.77. The highest BCUT2D eigenvalue weighted by molar-refractivity contribution is 5.91. The lowest BCUT2D eigenvalue weighted by Gasteiger charge is -2.49. The third-order valence-electron chi connectivity index (χ3n) is 5.56. The number of aliphatic hydroxyl groups excluding tert-OH is 1. The first-order valence-corrected chi connectivity index (χ1v) is 9.06. The van der Waals surface area contributed by atoms with E-state index in [1.165, 1.54) is 18.3 Å². The largest absolute Gasteiger partial charge is 0.465 e. The highest BCUT2D eigenvalue weighted by Crippen LogP contribution is 2.40. The minimum atomic E-state index is -0.854. The van der Waals surface area contributed by atoms with Gasteiger partial charge >= 0.3 is 5.97 Å². The van der Waals surface area contributed by atoms with Crippen LogP contribution in [0.15, 0.2) is 29.3 Å². The molecule has 2 atom stereocenters. The summed E-state index contributed by atoms with van der Waals surface area (Å²) in [5.41, 5.74) is 3.43. The number of allylic oxidation sites excluding steroid dienone is 2. The fourth-order valence-corrected chi connectivity index (χ4v) is 3.62. The van der Waals surface area contributed by atoms with E-state index in [4.69, 9.17) is 9.47 Å². The molecule has 0 aliphatic carbocycles. The number of carbonyl (C=O) groups is 2. The zero-order valence-corrected chi connectivity index (χ0v) is 16.7. The van der Waals surface area contributed by atoms with E-state index in [-0.39, 0.29) is 6.61 Å². The summed E-state index contributed by atoms with van der Waals surface area (Å²) in [5.74, 6) is -0.446. The van der Waals surface area contributed by atoms with Gasteiger partial charge in [-0.05, 0) is 57.4 Å². The van der Waals surface area contributed by atoms with Crippen molar-refractivity contribution in [1.82, 2.24) is 0 Å². The van der Waals surface area contributed by atoms with E-state index in [1.54, 1.807) is 30.2 Å². The molecule has 0 radical (unpaired) electrons. The van der Waals surface area contributed by atoms with Crippen LogP contribution in [0.2, 0.25) is 0 Å². The number of anilines is 1. The smallest absolute Gasteiger partial charge is 0.337 e. The number of esters is 1. The summed E-state index contributed by atoms with van der Waals surface area (Å²) in [4.78, 5) is 25.4. The van der Waals surface area contributed by atoms with Crippen molar-refractivity contribution in [3.05, 3.63) is 40.5 Å². The molecule has 1 amide bonds. The van der Waals surface area contributed by atoms with Gasteiger partial charge in [-0.3, -0.25) is 4.79 Å². The monoisotopic (exact) mass is 375 g/mol. The van der Waals surface area contributed by atoms with Gasteiger partial charge in [-0.2, -0.15) is 0 Å². The highest BCUT2D eigenvalue weighted by atomic mass is 16.5. The van der Waals surface area contributed by atoms with Gasteiger partial charge in [0.15, 0.2) is 0 Å². The van der Waals surface area contributed by atoms with E-state index in [2.05, 4.69) is 20.8 Å². The standard InChI is InChI=1S/C21H29NO5/c1-14(2)15(3)8-9-21(12-26-4)19(24)11-17-10-16(20(25)27-5)6-7-18(17)22(21)13-23/h6-7,10,13,19,24H,8-9,11-12H2,1-5H3/t19-,21-/m1/s1. The van der Waals surface area contributed by atoms with Crippen LogP contribution in [0.4, 0.5) is 5.69 Å². The first kappa shape index (κ1) is 21.1. The molecule has 0 unspecified atom stereocenters. The van der Waals surface area contributed by atoms with E-state index in [9.17, 15) is 14.7 Å². The Bertz CT molecular complexity index is 738. The summed E-state index contributed by atoms with van der Waals surface area (Å²) >= 11 is 0. The molecule has 0 saturated carbocycles. The normalized spacial score (nSPS) is 21.4. The van der Waals surface area contributed by atoms with Crippen LogP contribution < -0.4 is 4.90 Å². The molecule has 1 aliphatic rings. The first-order chi connectivity index (χ1) is 12.8. The SMILES string of the molecule is COC[C@]1(CCC(C)=C(C)C)[C@H](O)Cc2cc(C(=O)OC)ccc2N1C=O. The number of nitrogens with zero attached hydrogens (tertiary/aromatic N) is 1. The van der Waals surface area contributed by atoms with Crippen molar-refractivity contribution < 1.29 is 24.2 Å². The molecule has 148 valence electrons. The Labute approximate surface area is 160 Å². The van der Waals surface area contributed by atoms with Crippen molar-refractivity contribution in [2.75, 3.05) is 25.7 Å². The number of aliphatic hydroxyl groups is 1. The lowest BCUT2D eigenvalue weighted by Crippen LogP contribution is -2.62. The summed E-state index contributed by atoms with van der Waals surface area (Å²) in [6, 6.07) is 5.05. The summed E-state index contributed by atoms with van der Waals surface area (Å²) in [6.07, 6.45) is 1.60. The Morgan fingerprint density at radius 1 is 1.33 bits per heavy atom. The zero-order chi connectivity index (χ0) is 20.2. The Morgan fingerprint density at radius 2 is 2.04 bits per heavy atom. The molecule has 0 saturated heterocycles. The van der Waals surface area contributed by atoms with Crippen LogP contribution in [0.25, 0.3) is 0 Å². The molecule has 0 spiro atoms. The number of methoxy groups -OCH3 is 2. The number of ether oxygens (including phenoxy) is 2. The minimum Gasteiger partial charge on any atom is -0.465 e. The third-order valence-corrected chi connectivity index (χ3v) is 5.56. The topological polar surface area (TPSA) is 76.1 Å². The van der Waals surface area contributed by atoms with Crippen molar-refractivity contribution in [1.29, 1.82) is 0 Å². The number of amides is 1. The average Bonchev–Trinajstić information content (AvgIpc) is 2.65. The van der Waals surface area contributed by atoms with E-state index in [0.717, 1.165) is 18.4 Å².